The highest BCUT2D eigenvalue weighted by Crippen LogP contribution is 2.38. The predicted molar refractivity (Wildman–Crippen MR) is 82.4 cm³/mol. The summed E-state index contributed by atoms with van der Waals surface area (Å²) in [7, 11) is 0. The molecule has 0 unspecified atom stereocenters. The van der Waals surface area contributed by atoms with Gasteiger partial charge in [0.2, 0.25) is 0 Å². The summed E-state index contributed by atoms with van der Waals surface area (Å²) in [6.07, 6.45) is 3.60. The molecule has 0 radical (unpaired) electrons. The third-order valence-corrected chi connectivity index (χ3v) is 4.56. The van der Waals surface area contributed by atoms with Gasteiger partial charge in [0.05, 0.1) is 13.2 Å². The first kappa shape index (κ1) is 15.0. The number of fused-ring (bicyclic) bond motifs is 2. The van der Waals surface area contributed by atoms with E-state index in [4.69, 9.17) is 4.74 Å². The highest BCUT2D eigenvalue weighted by atomic mass is 16.5. The van der Waals surface area contributed by atoms with Gasteiger partial charge in [-0.25, -0.2) is 4.79 Å². The van der Waals surface area contributed by atoms with E-state index < -0.39 is 5.54 Å². The summed E-state index contributed by atoms with van der Waals surface area (Å²) < 4.78 is 5.29. The number of benzene rings is 1. The molecule has 118 valence electrons. The molecule has 5 heteroatoms. The molecular formula is C17H22N2O3. The summed E-state index contributed by atoms with van der Waals surface area (Å²) in [5.41, 5.74) is 1.25. The molecule has 5 nitrogen and oxygen atoms in total. The summed E-state index contributed by atoms with van der Waals surface area (Å²) in [5.74, 6) is -0.133. The van der Waals surface area contributed by atoms with Crippen LogP contribution in [0.1, 0.15) is 37.3 Å². The Kier molecular flexibility index (Phi) is 4.16. The molecule has 1 saturated heterocycles. The zero-order chi connectivity index (χ0) is 15.6. The average Bonchev–Trinajstić information content (AvgIpc) is 2.68. The Hall–Kier alpha value is -1.88. The van der Waals surface area contributed by atoms with Crippen molar-refractivity contribution in [1.82, 2.24) is 10.2 Å². The molecule has 0 saturated carbocycles. The number of imide groups is 1. The van der Waals surface area contributed by atoms with Crippen LogP contribution in [0.5, 0.6) is 0 Å². The van der Waals surface area contributed by atoms with Crippen LogP contribution < -0.4 is 5.32 Å². The number of carbonyl (C=O) groups excluding carboxylic acids is 2. The topological polar surface area (TPSA) is 58.6 Å². The van der Waals surface area contributed by atoms with Crippen molar-refractivity contribution in [2.75, 3.05) is 19.8 Å². The van der Waals surface area contributed by atoms with E-state index in [2.05, 4.69) is 11.4 Å². The normalized spacial score (nSPS) is 24.3. The van der Waals surface area contributed by atoms with Gasteiger partial charge in [0, 0.05) is 6.61 Å². The van der Waals surface area contributed by atoms with Crippen LogP contribution in [0.25, 0.3) is 0 Å². The van der Waals surface area contributed by atoms with Gasteiger partial charge in [0.1, 0.15) is 5.54 Å². The number of aryl methyl sites for hydroxylation is 1. The molecule has 1 spiro atoms. The van der Waals surface area contributed by atoms with E-state index in [-0.39, 0.29) is 11.9 Å². The Labute approximate surface area is 130 Å². The van der Waals surface area contributed by atoms with Gasteiger partial charge in [-0.3, -0.25) is 9.69 Å². The number of carbonyl (C=O) groups is 2. The van der Waals surface area contributed by atoms with E-state index in [1.54, 1.807) is 0 Å². The van der Waals surface area contributed by atoms with Crippen LogP contribution in [0.3, 0.4) is 0 Å². The van der Waals surface area contributed by atoms with Gasteiger partial charge < -0.3 is 10.1 Å². The van der Waals surface area contributed by atoms with Gasteiger partial charge in [0.15, 0.2) is 0 Å². The molecule has 1 aliphatic heterocycles. The highest BCUT2D eigenvalue weighted by Gasteiger charge is 2.52. The van der Waals surface area contributed by atoms with Crippen LogP contribution in [-0.4, -0.2) is 36.6 Å². The van der Waals surface area contributed by atoms with Crippen LogP contribution in [-0.2, 0) is 21.5 Å². The van der Waals surface area contributed by atoms with Crippen molar-refractivity contribution in [3.05, 3.63) is 35.4 Å². The van der Waals surface area contributed by atoms with Gasteiger partial charge in [-0.05, 0) is 43.7 Å². The van der Waals surface area contributed by atoms with E-state index in [9.17, 15) is 9.59 Å². The molecule has 1 heterocycles. The molecule has 3 rings (SSSR count). The van der Waals surface area contributed by atoms with E-state index >= 15 is 0 Å². The first-order chi connectivity index (χ1) is 10.7. The van der Waals surface area contributed by atoms with Gasteiger partial charge >= 0.3 is 6.03 Å². The number of hydrogen-bond acceptors (Lipinski definition) is 3. The first-order valence-corrected chi connectivity index (χ1v) is 7.99. The lowest BCUT2D eigenvalue weighted by molar-refractivity contribution is -0.132. The fourth-order valence-corrected chi connectivity index (χ4v) is 3.48. The minimum absolute atomic E-state index is 0.133. The third-order valence-electron chi connectivity index (χ3n) is 4.56. The van der Waals surface area contributed by atoms with Crippen molar-refractivity contribution in [1.29, 1.82) is 0 Å². The molecule has 1 aliphatic carbocycles. The van der Waals surface area contributed by atoms with Crippen LogP contribution >= 0.6 is 0 Å². The lowest BCUT2D eigenvalue weighted by Crippen LogP contribution is -2.44. The quantitative estimate of drug-likeness (QED) is 0.685. The monoisotopic (exact) mass is 302 g/mol. The second-order valence-electron chi connectivity index (χ2n) is 5.85. The predicted octanol–water partition coefficient (Wildman–Crippen LogP) is 2.20. The Bertz CT molecular complexity index is 587. The van der Waals surface area contributed by atoms with Crippen molar-refractivity contribution in [3.8, 4) is 0 Å². The standard InChI is InChI=1S/C17H22N2O3/c1-2-22-12-11-19-15(20)17(18-16(19)21)10-6-5-8-13-7-3-4-9-14(13)17/h3-4,7,9H,2,5-6,8,10-12H2,1H3,(H,18,21)/t17-/m1/s1. The van der Waals surface area contributed by atoms with Crippen molar-refractivity contribution < 1.29 is 14.3 Å². The maximum Gasteiger partial charge on any atom is 0.325 e. The summed E-state index contributed by atoms with van der Waals surface area (Å²) in [6.45, 7) is 3.17. The molecule has 3 amide bonds. The zero-order valence-corrected chi connectivity index (χ0v) is 12.9. The number of nitrogens with zero attached hydrogens (tertiary/aromatic N) is 1. The Balaban J connectivity index is 1.93. The van der Waals surface area contributed by atoms with Crippen LogP contribution in [0.15, 0.2) is 24.3 Å². The SMILES string of the molecule is CCOCCN1C(=O)N[C@@]2(CCCCc3ccccc32)C1=O. The lowest BCUT2D eigenvalue weighted by Gasteiger charge is -2.27. The van der Waals surface area contributed by atoms with Crippen molar-refractivity contribution >= 4 is 11.9 Å². The molecule has 22 heavy (non-hydrogen) atoms. The van der Waals surface area contributed by atoms with Crippen molar-refractivity contribution in [2.24, 2.45) is 0 Å². The zero-order valence-electron chi connectivity index (χ0n) is 12.9. The summed E-state index contributed by atoms with van der Waals surface area (Å²) in [4.78, 5) is 26.6. The number of nitrogens with one attached hydrogen (secondary N) is 1. The molecule has 1 N–H and O–H groups in total. The lowest BCUT2D eigenvalue weighted by atomic mass is 9.84. The molecule has 0 bridgehead atoms. The summed E-state index contributed by atoms with van der Waals surface area (Å²) in [5, 5.41) is 2.97. The Morgan fingerprint density at radius 2 is 2.09 bits per heavy atom. The molecule has 1 atom stereocenters. The maximum absolute atomic E-state index is 13.0. The van der Waals surface area contributed by atoms with Gasteiger partial charge in [-0.15, -0.1) is 0 Å². The summed E-state index contributed by atoms with van der Waals surface area (Å²) in [6, 6.07) is 7.66. The molecule has 1 fully saturated rings. The molecule has 1 aromatic carbocycles. The number of amides is 3. The minimum atomic E-state index is -0.879. The van der Waals surface area contributed by atoms with E-state index in [0.29, 0.717) is 26.2 Å². The smallest absolute Gasteiger partial charge is 0.325 e. The fourth-order valence-electron chi connectivity index (χ4n) is 3.48. The van der Waals surface area contributed by atoms with E-state index in [0.717, 1.165) is 24.8 Å². The Morgan fingerprint density at radius 3 is 2.91 bits per heavy atom. The number of ether oxygens (including phenoxy) is 1. The highest BCUT2D eigenvalue weighted by molar-refractivity contribution is 6.07. The van der Waals surface area contributed by atoms with Crippen LogP contribution in [0.2, 0.25) is 0 Å². The Morgan fingerprint density at radius 1 is 1.27 bits per heavy atom. The minimum Gasteiger partial charge on any atom is -0.380 e. The van der Waals surface area contributed by atoms with E-state index in [1.807, 2.05) is 25.1 Å². The van der Waals surface area contributed by atoms with E-state index in [1.165, 1.54) is 10.5 Å². The number of hydrogen-bond donors (Lipinski definition) is 1. The van der Waals surface area contributed by atoms with Gasteiger partial charge in [0.25, 0.3) is 5.91 Å². The fraction of sp³-hybridized carbons (Fsp3) is 0.529. The van der Waals surface area contributed by atoms with Crippen molar-refractivity contribution in [3.63, 3.8) is 0 Å². The second-order valence-corrected chi connectivity index (χ2v) is 5.85. The van der Waals surface area contributed by atoms with Crippen LogP contribution in [0.4, 0.5) is 4.79 Å². The first-order valence-electron chi connectivity index (χ1n) is 7.99. The molecule has 1 aromatic rings. The molecular weight excluding hydrogens is 280 g/mol. The molecule has 2 aliphatic rings. The third kappa shape index (κ3) is 2.39. The maximum atomic E-state index is 13.0. The van der Waals surface area contributed by atoms with Crippen molar-refractivity contribution in [2.45, 2.75) is 38.1 Å². The number of urea groups is 1. The van der Waals surface area contributed by atoms with Gasteiger partial charge in [-0.1, -0.05) is 24.3 Å². The number of rotatable bonds is 4. The largest absolute Gasteiger partial charge is 0.380 e. The molecule has 0 aromatic heterocycles. The van der Waals surface area contributed by atoms with Gasteiger partial charge in [-0.2, -0.15) is 0 Å². The average molecular weight is 302 g/mol. The summed E-state index contributed by atoms with van der Waals surface area (Å²) >= 11 is 0. The van der Waals surface area contributed by atoms with Crippen LogP contribution in [0, 0.1) is 0 Å². The second kappa shape index (κ2) is 6.08.